The van der Waals surface area contributed by atoms with Gasteiger partial charge in [-0.1, -0.05) is 42.5 Å². The van der Waals surface area contributed by atoms with Crippen LogP contribution in [0.25, 0.3) is 0 Å². The molecule has 0 bridgehead atoms. The second-order valence-electron chi connectivity index (χ2n) is 6.54. The Hall–Kier alpha value is -1.74. The van der Waals surface area contributed by atoms with Crippen LogP contribution in [-0.4, -0.2) is 10.7 Å². The molecule has 2 aromatic rings. The first kappa shape index (κ1) is 16.1. The minimum Gasteiger partial charge on any atom is -0.348 e. The Labute approximate surface area is 142 Å². The van der Waals surface area contributed by atoms with Crippen molar-refractivity contribution in [3.05, 3.63) is 65.7 Å². The van der Waals surface area contributed by atoms with E-state index in [1.165, 1.54) is 11.1 Å². The summed E-state index contributed by atoms with van der Waals surface area (Å²) in [5.41, 5.74) is 2.66. The highest BCUT2D eigenvalue weighted by Crippen LogP contribution is 2.35. The predicted octanol–water partition coefficient (Wildman–Crippen LogP) is 4.75. The third kappa shape index (κ3) is 3.78. The Morgan fingerprint density at radius 1 is 1.09 bits per heavy atom. The van der Waals surface area contributed by atoms with E-state index >= 15 is 0 Å². The lowest BCUT2D eigenvalue weighted by Crippen LogP contribution is -2.42. The molecule has 0 saturated heterocycles. The van der Waals surface area contributed by atoms with E-state index in [-0.39, 0.29) is 11.9 Å². The van der Waals surface area contributed by atoms with Gasteiger partial charge in [0.05, 0.1) is 10.8 Å². The van der Waals surface area contributed by atoms with Gasteiger partial charge in [-0.15, -0.1) is 11.8 Å². The van der Waals surface area contributed by atoms with Crippen molar-refractivity contribution in [2.24, 2.45) is 0 Å². The maximum absolute atomic E-state index is 12.8. The molecule has 0 aliphatic heterocycles. The zero-order valence-corrected chi connectivity index (χ0v) is 14.5. The second kappa shape index (κ2) is 6.79. The van der Waals surface area contributed by atoms with Crippen LogP contribution in [0.5, 0.6) is 0 Å². The molecule has 0 heterocycles. The molecule has 2 aromatic carbocycles. The van der Waals surface area contributed by atoms with Crippen molar-refractivity contribution >= 4 is 17.7 Å². The zero-order chi connectivity index (χ0) is 16.3. The number of fused-ring (bicyclic) bond motifs is 1. The predicted molar refractivity (Wildman–Crippen MR) is 96.6 cm³/mol. The highest BCUT2D eigenvalue weighted by Gasteiger charge is 2.32. The van der Waals surface area contributed by atoms with E-state index in [0.717, 1.165) is 24.2 Å². The number of carbonyl (C=O) groups is 1. The molecule has 0 radical (unpaired) electrons. The normalized spacial score (nSPS) is 17.4. The summed E-state index contributed by atoms with van der Waals surface area (Å²) in [5, 5.41) is 3.28. The van der Waals surface area contributed by atoms with Crippen molar-refractivity contribution in [3.63, 3.8) is 0 Å². The lowest BCUT2D eigenvalue weighted by molar-refractivity contribution is -0.123. The number of carbonyl (C=O) groups excluding carboxylic acids is 1. The summed E-state index contributed by atoms with van der Waals surface area (Å²) >= 11 is 1.61. The van der Waals surface area contributed by atoms with Crippen LogP contribution in [0.2, 0.25) is 0 Å². The quantitative estimate of drug-likeness (QED) is 0.822. The van der Waals surface area contributed by atoms with E-state index < -0.39 is 4.75 Å². The van der Waals surface area contributed by atoms with Crippen molar-refractivity contribution in [1.29, 1.82) is 0 Å². The number of benzene rings is 2. The Kier molecular flexibility index (Phi) is 4.76. The van der Waals surface area contributed by atoms with Gasteiger partial charge in [0.25, 0.3) is 0 Å². The maximum Gasteiger partial charge on any atom is 0.236 e. The van der Waals surface area contributed by atoms with Gasteiger partial charge in [0.2, 0.25) is 5.91 Å². The largest absolute Gasteiger partial charge is 0.348 e. The first-order chi connectivity index (χ1) is 11.1. The van der Waals surface area contributed by atoms with E-state index in [9.17, 15) is 4.79 Å². The van der Waals surface area contributed by atoms with Crippen molar-refractivity contribution < 1.29 is 4.79 Å². The summed E-state index contributed by atoms with van der Waals surface area (Å²) < 4.78 is -0.492. The number of thioether (sulfide) groups is 1. The van der Waals surface area contributed by atoms with Crippen LogP contribution < -0.4 is 5.32 Å². The molecule has 0 unspecified atom stereocenters. The fourth-order valence-electron chi connectivity index (χ4n) is 3.07. The molecule has 1 aliphatic carbocycles. The van der Waals surface area contributed by atoms with Crippen molar-refractivity contribution in [2.75, 3.05) is 0 Å². The Bertz CT molecular complexity index is 681. The van der Waals surface area contributed by atoms with Crippen LogP contribution in [0.4, 0.5) is 0 Å². The topological polar surface area (TPSA) is 29.1 Å². The van der Waals surface area contributed by atoms with Gasteiger partial charge in [-0.25, -0.2) is 0 Å². The summed E-state index contributed by atoms with van der Waals surface area (Å²) in [4.78, 5) is 13.9. The van der Waals surface area contributed by atoms with Gasteiger partial charge in [0.15, 0.2) is 0 Å². The minimum atomic E-state index is -0.492. The molecule has 0 spiro atoms. The van der Waals surface area contributed by atoms with Gasteiger partial charge in [-0.2, -0.15) is 0 Å². The molecule has 120 valence electrons. The second-order valence-corrected chi connectivity index (χ2v) is 8.24. The number of hydrogen-bond acceptors (Lipinski definition) is 2. The van der Waals surface area contributed by atoms with Crippen molar-refractivity contribution in [3.8, 4) is 0 Å². The summed E-state index contributed by atoms with van der Waals surface area (Å²) in [5.74, 6) is 0.105. The molecule has 1 aliphatic rings. The summed E-state index contributed by atoms with van der Waals surface area (Å²) in [6.07, 6.45) is 3.27. The van der Waals surface area contributed by atoms with Gasteiger partial charge in [0.1, 0.15) is 0 Å². The van der Waals surface area contributed by atoms with Crippen LogP contribution in [0.15, 0.2) is 59.5 Å². The number of aryl methyl sites for hydroxylation is 1. The van der Waals surface area contributed by atoms with Crippen molar-refractivity contribution in [1.82, 2.24) is 5.32 Å². The molecular weight excluding hydrogens is 302 g/mol. The molecule has 1 atom stereocenters. The Morgan fingerprint density at radius 3 is 2.57 bits per heavy atom. The molecule has 1 amide bonds. The monoisotopic (exact) mass is 325 g/mol. The van der Waals surface area contributed by atoms with E-state index in [2.05, 4.69) is 41.7 Å². The number of rotatable bonds is 4. The lowest BCUT2D eigenvalue weighted by atomic mass is 9.87. The van der Waals surface area contributed by atoms with Gasteiger partial charge in [-0.05, 0) is 56.4 Å². The van der Waals surface area contributed by atoms with Crippen LogP contribution in [-0.2, 0) is 11.2 Å². The molecule has 3 heteroatoms. The SMILES string of the molecule is CC(C)(Sc1ccccc1)C(=O)N[C@@H]1CCCc2ccccc21. The van der Waals surface area contributed by atoms with Gasteiger partial charge >= 0.3 is 0 Å². The van der Waals surface area contributed by atoms with Crippen LogP contribution in [0.1, 0.15) is 43.9 Å². The third-order valence-electron chi connectivity index (χ3n) is 4.34. The van der Waals surface area contributed by atoms with Crippen LogP contribution in [0, 0.1) is 0 Å². The molecule has 0 saturated carbocycles. The number of nitrogens with one attached hydrogen (secondary N) is 1. The molecular formula is C20H23NOS. The molecule has 23 heavy (non-hydrogen) atoms. The van der Waals surface area contributed by atoms with E-state index in [1.54, 1.807) is 11.8 Å². The smallest absolute Gasteiger partial charge is 0.236 e. The third-order valence-corrected chi connectivity index (χ3v) is 5.54. The van der Waals surface area contributed by atoms with Gasteiger partial charge < -0.3 is 5.32 Å². The highest BCUT2D eigenvalue weighted by atomic mass is 32.2. The number of amides is 1. The number of hydrogen-bond donors (Lipinski definition) is 1. The Balaban J connectivity index is 1.72. The van der Waals surface area contributed by atoms with Crippen LogP contribution in [0.3, 0.4) is 0 Å². The van der Waals surface area contributed by atoms with Crippen molar-refractivity contribution in [2.45, 2.75) is 48.8 Å². The molecule has 3 rings (SSSR count). The first-order valence-electron chi connectivity index (χ1n) is 8.19. The molecule has 0 aromatic heterocycles. The first-order valence-corrected chi connectivity index (χ1v) is 9.01. The average Bonchev–Trinajstić information content (AvgIpc) is 2.55. The zero-order valence-electron chi connectivity index (χ0n) is 13.7. The fourth-order valence-corrected chi connectivity index (χ4v) is 4.10. The maximum atomic E-state index is 12.8. The van der Waals surface area contributed by atoms with Crippen LogP contribution >= 0.6 is 11.8 Å². The standard InChI is InChI=1S/C20H23NOS/c1-20(2,23-16-11-4-3-5-12-16)19(22)21-18-14-8-10-15-9-6-7-13-17(15)18/h3-7,9,11-13,18H,8,10,14H2,1-2H3,(H,21,22)/t18-/m1/s1. The minimum absolute atomic E-state index is 0.105. The summed E-state index contributed by atoms with van der Waals surface area (Å²) in [7, 11) is 0. The molecule has 2 nitrogen and oxygen atoms in total. The van der Waals surface area contributed by atoms with Gasteiger partial charge in [-0.3, -0.25) is 4.79 Å². The molecule has 0 fully saturated rings. The fraction of sp³-hybridized carbons (Fsp3) is 0.350. The highest BCUT2D eigenvalue weighted by molar-refractivity contribution is 8.01. The summed E-state index contributed by atoms with van der Waals surface area (Å²) in [6, 6.07) is 18.7. The lowest BCUT2D eigenvalue weighted by Gasteiger charge is -2.30. The molecule has 1 N–H and O–H groups in total. The van der Waals surface area contributed by atoms with E-state index in [0.29, 0.717) is 0 Å². The summed E-state index contributed by atoms with van der Waals surface area (Å²) in [6.45, 7) is 3.99. The average molecular weight is 325 g/mol. The Morgan fingerprint density at radius 2 is 1.78 bits per heavy atom. The van der Waals surface area contributed by atoms with Gasteiger partial charge in [0, 0.05) is 4.90 Å². The van der Waals surface area contributed by atoms with E-state index in [1.807, 2.05) is 32.0 Å². The van der Waals surface area contributed by atoms with E-state index in [4.69, 9.17) is 0 Å².